The Bertz CT molecular complexity index is 1600. The van der Waals surface area contributed by atoms with Crippen molar-refractivity contribution < 1.29 is 29.5 Å². The predicted octanol–water partition coefficient (Wildman–Crippen LogP) is 6.77. The summed E-state index contributed by atoms with van der Waals surface area (Å²) in [5.74, 6) is 2.26. The molecule has 1 fully saturated rings. The Balaban J connectivity index is 1.28. The number of fused-ring (bicyclic) bond motifs is 7. The molecule has 4 aromatic rings. The van der Waals surface area contributed by atoms with E-state index >= 15 is 0 Å². The van der Waals surface area contributed by atoms with Gasteiger partial charge in [-0.05, 0) is 84.4 Å². The average molecular weight is 539 g/mol. The average Bonchev–Trinajstić information content (AvgIpc) is 2.98. The topological polar surface area (TPSA) is 88.4 Å². The molecule has 2 aliphatic carbocycles. The number of aromatic hydroxyl groups is 2. The molecule has 3 N–H and O–H groups in total. The highest BCUT2D eigenvalue weighted by Crippen LogP contribution is 2.51. The quantitative estimate of drug-likeness (QED) is 0.266. The second kappa shape index (κ2) is 9.93. The van der Waals surface area contributed by atoms with Crippen molar-refractivity contribution in [2.24, 2.45) is 0 Å². The molecule has 4 aromatic carbocycles. The van der Waals surface area contributed by atoms with Gasteiger partial charge in [0.15, 0.2) is 11.5 Å². The van der Waals surface area contributed by atoms with Crippen molar-refractivity contribution >= 4 is 10.8 Å². The van der Waals surface area contributed by atoms with Crippen LogP contribution in [0.5, 0.6) is 28.7 Å². The zero-order valence-corrected chi connectivity index (χ0v) is 22.7. The lowest BCUT2D eigenvalue weighted by atomic mass is 9.78. The number of aliphatic hydroxyl groups excluding tert-OH is 1. The molecule has 1 heterocycles. The molecular formula is C34H34O6. The van der Waals surface area contributed by atoms with Crippen molar-refractivity contribution in [2.75, 3.05) is 7.11 Å². The van der Waals surface area contributed by atoms with Gasteiger partial charge in [-0.15, -0.1) is 0 Å². The number of phenols is 2. The molecule has 2 atom stereocenters. The van der Waals surface area contributed by atoms with E-state index in [1.54, 1.807) is 19.2 Å². The van der Waals surface area contributed by atoms with Crippen LogP contribution in [0.3, 0.4) is 0 Å². The Morgan fingerprint density at radius 2 is 1.60 bits per heavy atom. The third kappa shape index (κ3) is 4.13. The second-order valence-corrected chi connectivity index (χ2v) is 11.3. The molecule has 7 rings (SSSR count). The van der Waals surface area contributed by atoms with E-state index in [0.717, 1.165) is 82.7 Å². The van der Waals surface area contributed by atoms with Crippen molar-refractivity contribution in [1.29, 1.82) is 0 Å². The Labute approximate surface area is 233 Å². The normalized spacial score (nSPS) is 20.2. The number of hydrogen-bond acceptors (Lipinski definition) is 6. The second-order valence-electron chi connectivity index (χ2n) is 11.3. The fourth-order valence-corrected chi connectivity index (χ4v) is 6.92. The molecule has 0 amide bonds. The molecule has 3 aliphatic rings. The lowest BCUT2D eigenvalue weighted by Crippen LogP contribution is -2.31. The standard InChI is InChI=1S/C34H34O6/c1-38-31-18-29-25(24-13-11-19-15-27(36)22-9-5-6-10-23(22)32(19)33(24)31)17-28(37)34(40-29)20-12-14-26(35)30(16-20)39-21-7-3-2-4-8-21/h5-6,9-10,12,14-16,18,21,28,34-37H,2-4,7-8,11,13,17H2,1H3. The van der Waals surface area contributed by atoms with Crippen LogP contribution in [-0.2, 0) is 19.3 Å². The maximum atomic E-state index is 11.4. The van der Waals surface area contributed by atoms with Gasteiger partial charge in [0.1, 0.15) is 23.4 Å². The van der Waals surface area contributed by atoms with Crippen LogP contribution in [0.1, 0.15) is 60.5 Å². The summed E-state index contributed by atoms with van der Waals surface area (Å²) >= 11 is 0. The first-order valence-electron chi connectivity index (χ1n) is 14.3. The van der Waals surface area contributed by atoms with Crippen LogP contribution in [-0.4, -0.2) is 34.6 Å². The summed E-state index contributed by atoms with van der Waals surface area (Å²) in [6, 6.07) is 16.9. The largest absolute Gasteiger partial charge is 0.507 e. The first-order valence-corrected chi connectivity index (χ1v) is 14.3. The molecule has 0 radical (unpaired) electrons. The molecule has 0 saturated heterocycles. The van der Waals surface area contributed by atoms with Gasteiger partial charge in [0.25, 0.3) is 0 Å². The van der Waals surface area contributed by atoms with Gasteiger partial charge in [-0.2, -0.15) is 0 Å². The first kappa shape index (κ1) is 25.1. The van der Waals surface area contributed by atoms with Gasteiger partial charge < -0.3 is 29.5 Å². The van der Waals surface area contributed by atoms with Crippen molar-refractivity contribution in [1.82, 2.24) is 0 Å². The van der Waals surface area contributed by atoms with Crippen LogP contribution in [0.2, 0.25) is 0 Å². The fraction of sp³-hybridized carbons (Fsp3) is 0.353. The number of phenolic OH excluding ortho intramolecular Hbond substituents is 2. The summed E-state index contributed by atoms with van der Waals surface area (Å²) in [6.07, 6.45) is 6.20. The van der Waals surface area contributed by atoms with Crippen molar-refractivity contribution in [3.05, 3.63) is 76.9 Å². The van der Waals surface area contributed by atoms with E-state index in [1.807, 2.05) is 42.5 Å². The summed E-state index contributed by atoms with van der Waals surface area (Å²) in [6.45, 7) is 0. The van der Waals surface area contributed by atoms with Crippen LogP contribution in [0.15, 0.2) is 54.6 Å². The molecule has 0 spiro atoms. The van der Waals surface area contributed by atoms with Crippen molar-refractivity contribution in [3.63, 3.8) is 0 Å². The maximum absolute atomic E-state index is 11.4. The van der Waals surface area contributed by atoms with Crippen LogP contribution < -0.4 is 14.2 Å². The van der Waals surface area contributed by atoms with Crippen LogP contribution in [0, 0.1) is 0 Å². The summed E-state index contributed by atoms with van der Waals surface area (Å²) in [5, 5.41) is 34.4. The van der Waals surface area contributed by atoms with Gasteiger partial charge >= 0.3 is 0 Å². The SMILES string of the molecule is COc1cc2c(c3c1-c1c(cc(O)c4ccccc14)CC3)CC(O)C(c1ccc(O)c(OC3CCCCC3)c1)O2. The highest BCUT2D eigenvalue weighted by atomic mass is 16.5. The molecule has 0 bridgehead atoms. The van der Waals surface area contributed by atoms with E-state index in [1.165, 1.54) is 6.42 Å². The molecule has 6 nitrogen and oxygen atoms in total. The van der Waals surface area contributed by atoms with Crippen LogP contribution in [0.4, 0.5) is 0 Å². The summed E-state index contributed by atoms with van der Waals surface area (Å²) in [7, 11) is 1.67. The third-order valence-electron chi connectivity index (χ3n) is 8.87. The molecule has 2 unspecified atom stereocenters. The number of rotatable bonds is 4. The van der Waals surface area contributed by atoms with E-state index in [2.05, 4.69) is 0 Å². The monoisotopic (exact) mass is 538 g/mol. The number of hydrogen-bond donors (Lipinski definition) is 3. The number of ether oxygens (including phenoxy) is 3. The van der Waals surface area contributed by atoms with E-state index in [0.29, 0.717) is 23.7 Å². The van der Waals surface area contributed by atoms with E-state index in [-0.39, 0.29) is 17.6 Å². The molecule has 0 aromatic heterocycles. The summed E-state index contributed by atoms with van der Waals surface area (Å²) in [4.78, 5) is 0. The van der Waals surface area contributed by atoms with Gasteiger partial charge in [0.05, 0.1) is 19.3 Å². The highest BCUT2D eigenvalue weighted by molar-refractivity contribution is 6.04. The van der Waals surface area contributed by atoms with E-state index in [9.17, 15) is 15.3 Å². The van der Waals surface area contributed by atoms with Gasteiger partial charge in [0.2, 0.25) is 0 Å². The minimum Gasteiger partial charge on any atom is -0.507 e. The van der Waals surface area contributed by atoms with Gasteiger partial charge in [-0.25, -0.2) is 0 Å². The lowest BCUT2D eigenvalue weighted by Gasteiger charge is -2.35. The minimum absolute atomic E-state index is 0.101. The highest BCUT2D eigenvalue weighted by Gasteiger charge is 2.36. The molecule has 206 valence electrons. The summed E-state index contributed by atoms with van der Waals surface area (Å²) in [5.41, 5.74) is 6.08. The maximum Gasteiger partial charge on any atom is 0.161 e. The molecule has 6 heteroatoms. The molecule has 40 heavy (non-hydrogen) atoms. The predicted molar refractivity (Wildman–Crippen MR) is 154 cm³/mol. The smallest absolute Gasteiger partial charge is 0.161 e. The van der Waals surface area contributed by atoms with Crippen LogP contribution in [0.25, 0.3) is 21.9 Å². The molecular weight excluding hydrogens is 504 g/mol. The Kier molecular flexibility index (Phi) is 6.23. The van der Waals surface area contributed by atoms with E-state index < -0.39 is 12.2 Å². The first-order chi connectivity index (χ1) is 19.5. The van der Waals surface area contributed by atoms with Gasteiger partial charge in [-0.1, -0.05) is 36.8 Å². The number of methoxy groups -OCH3 is 1. The van der Waals surface area contributed by atoms with Gasteiger partial charge in [-0.3, -0.25) is 0 Å². The molecule has 1 saturated carbocycles. The Morgan fingerprint density at radius 1 is 0.800 bits per heavy atom. The van der Waals surface area contributed by atoms with Crippen LogP contribution >= 0.6 is 0 Å². The zero-order chi connectivity index (χ0) is 27.4. The zero-order valence-electron chi connectivity index (χ0n) is 22.7. The third-order valence-corrected chi connectivity index (χ3v) is 8.87. The number of aryl methyl sites for hydroxylation is 1. The number of benzene rings is 4. The lowest BCUT2D eigenvalue weighted by molar-refractivity contribution is 0.0201. The van der Waals surface area contributed by atoms with Gasteiger partial charge in [0, 0.05) is 29.0 Å². The van der Waals surface area contributed by atoms with Crippen molar-refractivity contribution in [3.8, 4) is 39.9 Å². The van der Waals surface area contributed by atoms with Crippen molar-refractivity contribution in [2.45, 2.75) is 69.7 Å². The molecule has 1 aliphatic heterocycles. The Hall–Kier alpha value is -3.90. The van der Waals surface area contributed by atoms with E-state index in [4.69, 9.17) is 14.2 Å². The fourth-order valence-electron chi connectivity index (χ4n) is 6.92. The minimum atomic E-state index is -0.768. The Morgan fingerprint density at radius 3 is 2.40 bits per heavy atom. The summed E-state index contributed by atoms with van der Waals surface area (Å²) < 4.78 is 18.6. The number of aliphatic hydroxyl groups is 1.